The van der Waals surface area contributed by atoms with Gasteiger partial charge in [-0.05, 0) is 49.2 Å². The SMILES string of the molecule is Cc1nc(COc2cccc(C(=O)N(CCCO)Cc3ccncc3)c2)cs1. The zero-order valence-corrected chi connectivity index (χ0v) is 16.6. The van der Waals surface area contributed by atoms with Gasteiger partial charge in [0.1, 0.15) is 12.4 Å². The van der Waals surface area contributed by atoms with Gasteiger partial charge < -0.3 is 14.7 Å². The number of benzene rings is 1. The Morgan fingerprint density at radius 2 is 2.07 bits per heavy atom. The molecule has 28 heavy (non-hydrogen) atoms. The van der Waals surface area contributed by atoms with E-state index in [1.54, 1.807) is 40.8 Å². The molecule has 0 spiro atoms. The fourth-order valence-electron chi connectivity index (χ4n) is 2.76. The number of ether oxygens (including phenoxy) is 1. The Morgan fingerprint density at radius 3 is 2.79 bits per heavy atom. The second kappa shape index (κ2) is 9.96. The van der Waals surface area contributed by atoms with Crippen LogP contribution in [-0.2, 0) is 13.2 Å². The van der Waals surface area contributed by atoms with Crippen molar-refractivity contribution < 1.29 is 14.6 Å². The van der Waals surface area contributed by atoms with Crippen molar-refractivity contribution in [3.05, 3.63) is 76.0 Å². The highest BCUT2D eigenvalue weighted by Crippen LogP contribution is 2.18. The Bertz CT molecular complexity index is 899. The predicted molar refractivity (Wildman–Crippen MR) is 108 cm³/mol. The lowest BCUT2D eigenvalue weighted by molar-refractivity contribution is 0.0731. The number of aryl methyl sites for hydroxylation is 1. The van der Waals surface area contributed by atoms with Crippen LogP contribution in [-0.4, -0.2) is 39.0 Å². The van der Waals surface area contributed by atoms with E-state index in [-0.39, 0.29) is 12.5 Å². The Balaban J connectivity index is 1.70. The van der Waals surface area contributed by atoms with Crippen molar-refractivity contribution in [3.8, 4) is 5.75 Å². The Kier molecular flexibility index (Phi) is 7.11. The lowest BCUT2D eigenvalue weighted by Gasteiger charge is -2.23. The summed E-state index contributed by atoms with van der Waals surface area (Å²) in [5.41, 5.74) is 2.42. The number of hydrogen-bond acceptors (Lipinski definition) is 6. The number of amides is 1. The molecule has 0 saturated heterocycles. The van der Waals surface area contributed by atoms with E-state index in [0.29, 0.717) is 37.4 Å². The summed E-state index contributed by atoms with van der Waals surface area (Å²) >= 11 is 1.58. The Labute approximate surface area is 168 Å². The maximum atomic E-state index is 13.0. The van der Waals surface area contributed by atoms with E-state index in [1.807, 2.05) is 36.6 Å². The summed E-state index contributed by atoms with van der Waals surface area (Å²) in [4.78, 5) is 23.2. The molecule has 0 radical (unpaired) electrons. The summed E-state index contributed by atoms with van der Waals surface area (Å²) in [7, 11) is 0. The van der Waals surface area contributed by atoms with Crippen molar-refractivity contribution in [1.29, 1.82) is 0 Å². The molecule has 0 unspecified atom stereocenters. The van der Waals surface area contributed by atoms with Crippen LogP contribution < -0.4 is 4.74 Å². The van der Waals surface area contributed by atoms with Crippen LogP contribution >= 0.6 is 11.3 Å². The minimum absolute atomic E-state index is 0.0380. The van der Waals surface area contributed by atoms with E-state index in [2.05, 4.69) is 9.97 Å². The summed E-state index contributed by atoms with van der Waals surface area (Å²) in [6.07, 6.45) is 3.94. The normalized spacial score (nSPS) is 10.6. The first kappa shape index (κ1) is 20.0. The molecule has 1 aromatic carbocycles. The van der Waals surface area contributed by atoms with E-state index in [9.17, 15) is 9.90 Å². The van der Waals surface area contributed by atoms with Gasteiger partial charge in [0, 0.05) is 43.0 Å². The standard InChI is InChI=1S/C21H23N3O3S/c1-16-23-19(15-28-16)14-27-20-5-2-4-18(12-20)21(26)24(10-3-11-25)13-17-6-8-22-9-7-17/h2,4-9,12,15,25H,3,10-11,13-14H2,1H3. The number of nitrogens with zero attached hydrogens (tertiary/aromatic N) is 3. The van der Waals surface area contributed by atoms with Gasteiger partial charge in [0.15, 0.2) is 0 Å². The molecule has 146 valence electrons. The fourth-order valence-corrected chi connectivity index (χ4v) is 3.35. The van der Waals surface area contributed by atoms with Crippen molar-refractivity contribution in [1.82, 2.24) is 14.9 Å². The first-order valence-corrected chi connectivity index (χ1v) is 9.96. The van der Waals surface area contributed by atoms with Crippen LogP contribution in [0.25, 0.3) is 0 Å². The van der Waals surface area contributed by atoms with Gasteiger partial charge in [-0.1, -0.05) is 6.07 Å². The summed E-state index contributed by atoms with van der Waals surface area (Å²) < 4.78 is 5.80. The number of pyridine rings is 1. The molecule has 0 atom stereocenters. The molecule has 1 N–H and O–H groups in total. The van der Waals surface area contributed by atoms with Crippen molar-refractivity contribution in [2.45, 2.75) is 26.5 Å². The number of aliphatic hydroxyl groups excluding tert-OH is 1. The van der Waals surface area contributed by atoms with Gasteiger partial charge in [0.2, 0.25) is 0 Å². The summed E-state index contributed by atoms with van der Waals surface area (Å²) in [6, 6.07) is 10.9. The summed E-state index contributed by atoms with van der Waals surface area (Å²) in [5, 5.41) is 12.2. The number of thiazole rings is 1. The number of aromatic nitrogens is 2. The first-order chi connectivity index (χ1) is 13.7. The third-order valence-corrected chi connectivity index (χ3v) is 4.95. The average Bonchev–Trinajstić information content (AvgIpc) is 3.15. The van der Waals surface area contributed by atoms with E-state index >= 15 is 0 Å². The molecular weight excluding hydrogens is 374 g/mol. The lowest BCUT2D eigenvalue weighted by atomic mass is 10.1. The van der Waals surface area contributed by atoms with Crippen molar-refractivity contribution in [3.63, 3.8) is 0 Å². The molecule has 7 heteroatoms. The van der Waals surface area contributed by atoms with Crippen LogP contribution in [0.5, 0.6) is 5.75 Å². The number of hydrogen-bond donors (Lipinski definition) is 1. The van der Waals surface area contributed by atoms with Gasteiger partial charge in [-0.3, -0.25) is 9.78 Å². The van der Waals surface area contributed by atoms with Crippen LogP contribution in [0.15, 0.2) is 54.2 Å². The van der Waals surface area contributed by atoms with Gasteiger partial charge in [-0.15, -0.1) is 11.3 Å². The highest BCUT2D eigenvalue weighted by atomic mass is 32.1. The van der Waals surface area contributed by atoms with Crippen LogP contribution in [0.2, 0.25) is 0 Å². The molecule has 0 aliphatic heterocycles. The van der Waals surface area contributed by atoms with E-state index in [1.165, 1.54) is 0 Å². The van der Waals surface area contributed by atoms with Gasteiger partial charge in [-0.25, -0.2) is 4.98 Å². The topological polar surface area (TPSA) is 75.5 Å². The third-order valence-electron chi connectivity index (χ3n) is 4.13. The molecule has 6 nitrogen and oxygen atoms in total. The maximum Gasteiger partial charge on any atom is 0.254 e. The smallest absolute Gasteiger partial charge is 0.254 e. The molecule has 0 saturated carbocycles. The zero-order valence-electron chi connectivity index (χ0n) is 15.7. The minimum atomic E-state index is -0.0970. The molecular formula is C21H23N3O3S. The zero-order chi connectivity index (χ0) is 19.8. The van der Waals surface area contributed by atoms with Gasteiger partial charge in [-0.2, -0.15) is 0 Å². The first-order valence-electron chi connectivity index (χ1n) is 9.08. The largest absolute Gasteiger partial charge is 0.487 e. The van der Waals surface area contributed by atoms with Crippen molar-refractivity contribution >= 4 is 17.2 Å². The second-order valence-electron chi connectivity index (χ2n) is 6.33. The molecule has 0 fully saturated rings. The fraction of sp³-hybridized carbons (Fsp3) is 0.286. The Hall–Kier alpha value is -2.77. The monoisotopic (exact) mass is 397 g/mol. The van der Waals surface area contributed by atoms with Gasteiger partial charge in [0.05, 0.1) is 10.7 Å². The van der Waals surface area contributed by atoms with Crippen molar-refractivity contribution in [2.24, 2.45) is 0 Å². The van der Waals surface area contributed by atoms with E-state index in [4.69, 9.17) is 4.74 Å². The number of aliphatic hydroxyl groups is 1. The van der Waals surface area contributed by atoms with Crippen LogP contribution in [0.3, 0.4) is 0 Å². The Morgan fingerprint density at radius 1 is 1.25 bits per heavy atom. The summed E-state index contributed by atoms with van der Waals surface area (Å²) in [6.45, 7) is 3.30. The van der Waals surface area contributed by atoms with Crippen molar-refractivity contribution in [2.75, 3.05) is 13.2 Å². The molecule has 3 rings (SSSR count). The summed E-state index contributed by atoms with van der Waals surface area (Å²) in [5.74, 6) is 0.530. The van der Waals surface area contributed by atoms with Crippen LogP contribution in [0.4, 0.5) is 0 Å². The van der Waals surface area contributed by atoms with Gasteiger partial charge in [0.25, 0.3) is 5.91 Å². The molecule has 1 amide bonds. The second-order valence-corrected chi connectivity index (χ2v) is 7.40. The quantitative estimate of drug-likeness (QED) is 0.599. The van der Waals surface area contributed by atoms with Gasteiger partial charge >= 0.3 is 0 Å². The maximum absolute atomic E-state index is 13.0. The molecule has 2 heterocycles. The van der Waals surface area contributed by atoms with E-state index in [0.717, 1.165) is 16.3 Å². The highest BCUT2D eigenvalue weighted by Gasteiger charge is 2.16. The average molecular weight is 398 g/mol. The van der Waals surface area contributed by atoms with E-state index < -0.39 is 0 Å². The highest BCUT2D eigenvalue weighted by molar-refractivity contribution is 7.09. The number of carbonyl (C=O) groups is 1. The molecule has 2 aromatic heterocycles. The van der Waals surface area contributed by atoms with Crippen LogP contribution in [0, 0.1) is 6.92 Å². The minimum Gasteiger partial charge on any atom is -0.487 e. The van der Waals surface area contributed by atoms with Crippen LogP contribution in [0.1, 0.15) is 33.0 Å². The molecule has 0 aliphatic carbocycles. The lowest BCUT2D eigenvalue weighted by Crippen LogP contribution is -2.32. The molecule has 3 aromatic rings. The number of rotatable bonds is 9. The molecule has 0 bridgehead atoms. The third kappa shape index (κ3) is 5.61. The predicted octanol–water partition coefficient (Wildman–Crippen LogP) is 3.45. The number of carbonyl (C=O) groups excluding carboxylic acids is 1. The molecule has 0 aliphatic rings.